The van der Waals surface area contributed by atoms with E-state index in [0.717, 1.165) is 34.2 Å². The molecule has 0 aliphatic rings. The third kappa shape index (κ3) is 11.0. The number of amides is 1. The second-order valence-electron chi connectivity index (χ2n) is 10.9. The highest BCUT2D eigenvalue weighted by Crippen LogP contribution is 2.31. The normalized spacial score (nSPS) is 11.1. The van der Waals surface area contributed by atoms with Crippen LogP contribution < -0.4 is 19.7 Å². The quantitative estimate of drug-likeness (QED) is 0.133. The van der Waals surface area contributed by atoms with E-state index in [4.69, 9.17) is 9.84 Å². The number of carbonyl (C=O) groups excluding carboxylic acids is 1. The van der Waals surface area contributed by atoms with Crippen molar-refractivity contribution in [2.24, 2.45) is 0 Å². The van der Waals surface area contributed by atoms with Crippen molar-refractivity contribution in [2.45, 2.75) is 45.7 Å². The summed E-state index contributed by atoms with van der Waals surface area (Å²) in [6.45, 7) is 3.60. The van der Waals surface area contributed by atoms with Gasteiger partial charge in [0.15, 0.2) is 0 Å². The van der Waals surface area contributed by atoms with Crippen LogP contribution in [0.4, 0.5) is 11.4 Å². The second kappa shape index (κ2) is 15.8. The first-order chi connectivity index (χ1) is 21.6. The maximum absolute atomic E-state index is 12.0. The van der Waals surface area contributed by atoms with Crippen molar-refractivity contribution in [2.75, 3.05) is 22.4 Å². The van der Waals surface area contributed by atoms with Gasteiger partial charge >= 0.3 is 5.97 Å². The highest BCUT2D eigenvalue weighted by Gasteiger charge is 2.15. The van der Waals surface area contributed by atoms with E-state index in [0.29, 0.717) is 49.7 Å². The predicted molar refractivity (Wildman–Crippen MR) is 177 cm³/mol. The van der Waals surface area contributed by atoms with Gasteiger partial charge in [0, 0.05) is 38.2 Å². The van der Waals surface area contributed by atoms with Crippen molar-refractivity contribution >= 4 is 33.3 Å². The van der Waals surface area contributed by atoms with E-state index in [1.807, 2.05) is 85.8 Å². The van der Waals surface area contributed by atoms with Gasteiger partial charge in [-0.1, -0.05) is 60.7 Å². The molecule has 0 bridgehead atoms. The Balaban J connectivity index is 1.41. The molecular weight excluding hydrogens is 590 g/mol. The molecule has 4 rings (SSSR count). The third-order valence-electron chi connectivity index (χ3n) is 7.12. The molecule has 0 aliphatic carbocycles. The number of carboxylic acid groups (broad SMARTS) is 1. The molecule has 0 aromatic heterocycles. The van der Waals surface area contributed by atoms with E-state index in [-0.39, 0.29) is 18.7 Å². The molecule has 45 heavy (non-hydrogen) atoms. The van der Waals surface area contributed by atoms with Gasteiger partial charge in [0.25, 0.3) is 0 Å². The fourth-order valence-electron chi connectivity index (χ4n) is 4.93. The molecule has 236 valence electrons. The second-order valence-corrected chi connectivity index (χ2v) is 12.7. The van der Waals surface area contributed by atoms with Crippen LogP contribution in [-0.2, 0) is 39.1 Å². The molecule has 0 atom stereocenters. The fraction of sp³-hybridized carbons (Fsp3) is 0.257. The number of hydrogen-bond acceptors (Lipinski definition) is 6. The van der Waals surface area contributed by atoms with Gasteiger partial charge in [-0.25, -0.2) is 8.42 Å². The Labute approximate surface area is 264 Å². The van der Waals surface area contributed by atoms with E-state index in [1.54, 1.807) is 6.07 Å². The zero-order chi connectivity index (χ0) is 32.2. The molecule has 0 fully saturated rings. The Morgan fingerprint density at radius 1 is 0.800 bits per heavy atom. The maximum atomic E-state index is 12.0. The summed E-state index contributed by atoms with van der Waals surface area (Å²) in [7, 11) is -3.42. The number of nitrogens with zero attached hydrogens (tertiary/aromatic N) is 1. The molecule has 4 aromatic rings. The number of sulfonamides is 1. The molecule has 3 N–H and O–H groups in total. The summed E-state index contributed by atoms with van der Waals surface area (Å²) in [5.41, 5.74) is 5.53. The molecular formula is C35H39N3O6S. The SMILES string of the molecule is Cc1c(NS(C)(=O)=O)cccc1N(Cc1ccccc1)Cc1ccc(Oc2cccc(CCNC(=O)CCCC(=O)O)c2)cc1. The topological polar surface area (TPSA) is 125 Å². The maximum Gasteiger partial charge on any atom is 0.303 e. The van der Waals surface area contributed by atoms with Crippen molar-refractivity contribution in [1.29, 1.82) is 0 Å². The Kier molecular flexibility index (Phi) is 11.6. The summed E-state index contributed by atoms with van der Waals surface area (Å²) < 4.78 is 32.6. The summed E-state index contributed by atoms with van der Waals surface area (Å²) >= 11 is 0. The Morgan fingerprint density at radius 2 is 1.47 bits per heavy atom. The molecule has 0 saturated heterocycles. The minimum absolute atomic E-state index is 0.0156. The molecule has 0 spiro atoms. The number of ether oxygens (including phenoxy) is 1. The van der Waals surface area contributed by atoms with Gasteiger partial charge in [-0.15, -0.1) is 0 Å². The number of carbonyl (C=O) groups is 2. The minimum atomic E-state index is -3.42. The highest BCUT2D eigenvalue weighted by atomic mass is 32.2. The summed E-state index contributed by atoms with van der Waals surface area (Å²) in [5.74, 6) is 0.318. The number of anilines is 2. The molecule has 0 aliphatic heterocycles. The smallest absolute Gasteiger partial charge is 0.303 e. The van der Waals surface area contributed by atoms with Crippen LogP contribution in [0.25, 0.3) is 0 Å². The number of nitrogens with one attached hydrogen (secondary N) is 2. The lowest BCUT2D eigenvalue weighted by atomic mass is 10.1. The van der Waals surface area contributed by atoms with Gasteiger partial charge in [-0.2, -0.15) is 0 Å². The Bertz CT molecular complexity index is 1690. The summed E-state index contributed by atoms with van der Waals surface area (Å²) in [4.78, 5) is 24.7. The van der Waals surface area contributed by atoms with E-state index < -0.39 is 16.0 Å². The van der Waals surface area contributed by atoms with Gasteiger partial charge in [0.1, 0.15) is 11.5 Å². The molecule has 0 unspecified atom stereocenters. The summed E-state index contributed by atoms with van der Waals surface area (Å²) in [6.07, 6.45) is 2.28. The van der Waals surface area contributed by atoms with Crippen molar-refractivity contribution in [3.8, 4) is 11.5 Å². The standard InChI is InChI=1S/C35H39N3O6S/c1-26-32(37-45(2,42)43)13-7-14-33(26)38(24-28-9-4-3-5-10-28)25-29-17-19-30(20-18-29)44-31-12-6-11-27(23-31)21-22-36-34(39)15-8-16-35(40)41/h3-7,9-14,17-20,23,37H,8,15-16,21-22,24-25H2,1-2H3,(H,36,39)(H,40,41). The first-order valence-corrected chi connectivity index (χ1v) is 16.7. The van der Waals surface area contributed by atoms with Crippen LogP contribution in [0.5, 0.6) is 11.5 Å². The van der Waals surface area contributed by atoms with Gasteiger partial charge < -0.3 is 20.1 Å². The largest absolute Gasteiger partial charge is 0.481 e. The monoisotopic (exact) mass is 629 g/mol. The number of hydrogen-bond donors (Lipinski definition) is 3. The minimum Gasteiger partial charge on any atom is -0.481 e. The van der Waals surface area contributed by atoms with E-state index >= 15 is 0 Å². The van der Waals surface area contributed by atoms with Crippen molar-refractivity contribution < 1.29 is 27.9 Å². The molecule has 10 heteroatoms. The number of aliphatic carboxylic acids is 1. The van der Waals surface area contributed by atoms with Crippen LogP contribution in [0.15, 0.2) is 97.1 Å². The van der Waals surface area contributed by atoms with Crippen LogP contribution in [0.1, 0.15) is 41.5 Å². The van der Waals surface area contributed by atoms with Crippen molar-refractivity contribution in [1.82, 2.24) is 5.32 Å². The molecule has 0 saturated carbocycles. The van der Waals surface area contributed by atoms with Crippen LogP contribution in [0.3, 0.4) is 0 Å². The lowest BCUT2D eigenvalue weighted by Crippen LogP contribution is -2.25. The summed E-state index contributed by atoms with van der Waals surface area (Å²) in [6, 6.07) is 31.3. The lowest BCUT2D eigenvalue weighted by molar-refractivity contribution is -0.137. The average Bonchev–Trinajstić information content (AvgIpc) is 2.99. The van der Waals surface area contributed by atoms with E-state index in [9.17, 15) is 18.0 Å². The van der Waals surface area contributed by atoms with Crippen molar-refractivity contribution in [3.63, 3.8) is 0 Å². The molecule has 9 nitrogen and oxygen atoms in total. The zero-order valence-electron chi connectivity index (χ0n) is 25.5. The highest BCUT2D eigenvalue weighted by molar-refractivity contribution is 7.92. The predicted octanol–water partition coefficient (Wildman–Crippen LogP) is 6.28. The Hall–Kier alpha value is -4.83. The lowest BCUT2D eigenvalue weighted by Gasteiger charge is -2.28. The fourth-order valence-corrected chi connectivity index (χ4v) is 5.55. The van der Waals surface area contributed by atoms with E-state index in [1.165, 1.54) is 0 Å². The molecule has 0 heterocycles. The van der Waals surface area contributed by atoms with Gasteiger partial charge in [-0.3, -0.25) is 14.3 Å². The number of carboxylic acids is 1. The molecule has 1 amide bonds. The zero-order valence-corrected chi connectivity index (χ0v) is 26.3. The molecule has 4 aromatic carbocycles. The van der Waals surface area contributed by atoms with Crippen LogP contribution in [-0.4, -0.2) is 38.2 Å². The van der Waals surface area contributed by atoms with Gasteiger partial charge in [0.2, 0.25) is 15.9 Å². The number of benzene rings is 4. The molecule has 0 radical (unpaired) electrons. The first kappa shape index (κ1) is 33.1. The van der Waals surface area contributed by atoms with E-state index in [2.05, 4.69) is 27.1 Å². The average molecular weight is 630 g/mol. The Morgan fingerprint density at radius 3 is 2.16 bits per heavy atom. The number of rotatable bonds is 16. The van der Waals surface area contributed by atoms with Gasteiger partial charge in [0.05, 0.1) is 11.9 Å². The van der Waals surface area contributed by atoms with Gasteiger partial charge in [-0.05, 0) is 78.4 Å². The van der Waals surface area contributed by atoms with Crippen LogP contribution in [0, 0.1) is 6.92 Å². The first-order valence-electron chi connectivity index (χ1n) is 14.8. The van der Waals surface area contributed by atoms with Crippen LogP contribution in [0.2, 0.25) is 0 Å². The van der Waals surface area contributed by atoms with Crippen LogP contribution >= 0.6 is 0 Å². The third-order valence-corrected chi connectivity index (χ3v) is 7.71. The summed E-state index contributed by atoms with van der Waals surface area (Å²) in [5, 5.41) is 11.5. The van der Waals surface area contributed by atoms with Crippen molar-refractivity contribution in [3.05, 3.63) is 119 Å².